The lowest BCUT2D eigenvalue weighted by atomic mass is 9.98. The highest BCUT2D eigenvalue weighted by Gasteiger charge is 2.47. The van der Waals surface area contributed by atoms with Gasteiger partial charge < -0.3 is 9.47 Å². The van der Waals surface area contributed by atoms with E-state index in [4.69, 9.17) is 9.47 Å². The van der Waals surface area contributed by atoms with Gasteiger partial charge >= 0.3 is 5.97 Å². The zero-order valence-corrected chi connectivity index (χ0v) is 5.92. The first-order valence-electron chi connectivity index (χ1n) is 3.56. The molecule has 0 spiro atoms. The van der Waals surface area contributed by atoms with Crippen molar-refractivity contribution in [1.29, 1.82) is 0 Å². The highest BCUT2D eigenvalue weighted by Crippen LogP contribution is 2.37. The fourth-order valence-corrected chi connectivity index (χ4v) is 1.59. The lowest BCUT2D eigenvalue weighted by molar-refractivity contribution is -0.203. The minimum Gasteiger partial charge on any atom is -0.433 e. The molecule has 2 aliphatic rings. The number of carbonyl (C=O) groups is 1. The summed E-state index contributed by atoms with van der Waals surface area (Å²) in [4.78, 5) is 11.0. The Kier molecular flexibility index (Phi) is 1.06. The van der Waals surface area contributed by atoms with Crippen LogP contribution in [-0.2, 0) is 14.3 Å². The first kappa shape index (κ1) is 6.16. The van der Waals surface area contributed by atoms with E-state index in [-0.39, 0.29) is 11.9 Å². The van der Waals surface area contributed by atoms with Crippen molar-refractivity contribution < 1.29 is 14.3 Å². The van der Waals surface area contributed by atoms with Crippen LogP contribution in [0, 0.1) is 5.92 Å². The molecule has 2 unspecified atom stereocenters. The third kappa shape index (κ3) is 0.736. The Balaban J connectivity index is 2.23. The summed E-state index contributed by atoms with van der Waals surface area (Å²) in [6, 6.07) is 0. The van der Waals surface area contributed by atoms with E-state index in [0.29, 0.717) is 6.61 Å². The van der Waals surface area contributed by atoms with Gasteiger partial charge in [0.25, 0.3) is 0 Å². The molecule has 56 valence electrons. The summed E-state index contributed by atoms with van der Waals surface area (Å²) in [5.74, 6) is -0.557. The summed E-state index contributed by atoms with van der Waals surface area (Å²) in [5, 5.41) is 0. The quantitative estimate of drug-likeness (QED) is 0.467. The SMILES string of the molecule is CC12CC(CCO1)C(=O)O2. The van der Waals surface area contributed by atoms with Crippen molar-refractivity contribution in [3.05, 3.63) is 0 Å². The van der Waals surface area contributed by atoms with Crippen LogP contribution in [0.5, 0.6) is 0 Å². The van der Waals surface area contributed by atoms with Crippen LogP contribution in [0.3, 0.4) is 0 Å². The Morgan fingerprint density at radius 3 is 3.10 bits per heavy atom. The van der Waals surface area contributed by atoms with Gasteiger partial charge in [-0.15, -0.1) is 0 Å². The first-order chi connectivity index (χ1) is 4.70. The van der Waals surface area contributed by atoms with E-state index in [1.54, 1.807) is 0 Å². The van der Waals surface area contributed by atoms with Crippen molar-refractivity contribution in [3.8, 4) is 0 Å². The highest BCUT2D eigenvalue weighted by atomic mass is 16.7. The number of ether oxygens (including phenoxy) is 2. The van der Waals surface area contributed by atoms with Gasteiger partial charge in [-0.2, -0.15) is 0 Å². The summed E-state index contributed by atoms with van der Waals surface area (Å²) in [6.07, 6.45) is 1.57. The topological polar surface area (TPSA) is 35.5 Å². The van der Waals surface area contributed by atoms with Gasteiger partial charge in [-0.3, -0.25) is 4.79 Å². The van der Waals surface area contributed by atoms with Gasteiger partial charge in [0.15, 0.2) is 0 Å². The predicted molar refractivity (Wildman–Crippen MR) is 33.2 cm³/mol. The zero-order chi connectivity index (χ0) is 7.19. The van der Waals surface area contributed by atoms with Gasteiger partial charge in [0.05, 0.1) is 12.5 Å². The average molecular weight is 142 g/mol. The highest BCUT2D eigenvalue weighted by molar-refractivity contribution is 5.75. The Labute approximate surface area is 59.3 Å². The Bertz CT molecular complexity index is 178. The fraction of sp³-hybridized carbons (Fsp3) is 0.857. The molecule has 2 aliphatic heterocycles. The van der Waals surface area contributed by atoms with Gasteiger partial charge in [-0.05, 0) is 6.42 Å². The summed E-state index contributed by atoms with van der Waals surface area (Å²) in [6.45, 7) is 2.48. The molecule has 10 heavy (non-hydrogen) atoms. The molecule has 0 amide bonds. The molecule has 0 aliphatic carbocycles. The van der Waals surface area contributed by atoms with Crippen LogP contribution in [0.1, 0.15) is 19.8 Å². The van der Waals surface area contributed by atoms with E-state index in [1.807, 2.05) is 6.92 Å². The Hall–Kier alpha value is -0.570. The summed E-state index contributed by atoms with van der Waals surface area (Å²) >= 11 is 0. The minimum atomic E-state index is -0.583. The van der Waals surface area contributed by atoms with E-state index in [0.717, 1.165) is 12.8 Å². The van der Waals surface area contributed by atoms with Gasteiger partial charge in [0.2, 0.25) is 5.79 Å². The minimum absolute atomic E-state index is 0.0833. The summed E-state index contributed by atoms with van der Waals surface area (Å²) < 4.78 is 10.3. The molecule has 2 atom stereocenters. The Morgan fingerprint density at radius 1 is 1.70 bits per heavy atom. The van der Waals surface area contributed by atoms with Gasteiger partial charge in [0, 0.05) is 13.3 Å². The number of rotatable bonds is 0. The molecule has 2 fully saturated rings. The predicted octanol–water partition coefficient (Wildman–Crippen LogP) is 0.686. The number of fused-ring (bicyclic) bond motifs is 2. The fourth-order valence-electron chi connectivity index (χ4n) is 1.59. The van der Waals surface area contributed by atoms with Crippen molar-refractivity contribution in [2.75, 3.05) is 6.61 Å². The van der Waals surface area contributed by atoms with Crippen molar-refractivity contribution in [2.24, 2.45) is 5.92 Å². The van der Waals surface area contributed by atoms with Crippen molar-refractivity contribution in [1.82, 2.24) is 0 Å². The molecule has 0 radical (unpaired) electrons. The first-order valence-corrected chi connectivity index (χ1v) is 3.56. The molecule has 2 bridgehead atoms. The van der Waals surface area contributed by atoms with E-state index in [1.165, 1.54) is 0 Å². The molecule has 2 rings (SSSR count). The van der Waals surface area contributed by atoms with E-state index >= 15 is 0 Å². The van der Waals surface area contributed by atoms with Crippen LogP contribution >= 0.6 is 0 Å². The number of hydrogen-bond acceptors (Lipinski definition) is 3. The average Bonchev–Trinajstić information content (AvgIpc) is 2.03. The van der Waals surface area contributed by atoms with Crippen LogP contribution in [0.25, 0.3) is 0 Å². The van der Waals surface area contributed by atoms with Gasteiger partial charge in [0.1, 0.15) is 0 Å². The molecule has 0 aromatic rings. The third-order valence-electron chi connectivity index (χ3n) is 2.14. The second-order valence-electron chi connectivity index (χ2n) is 3.09. The Morgan fingerprint density at radius 2 is 2.50 bits per heavy atom. The monoisotopic (exact) mass is 142 g/mol. The molecule has 3 nitrogen and oxygen atoms in total. The maximum Gasteiger partial charge on any atom is 0.311 e. The largest absolute Gasteiger partial charge is 0.433 e. The van der Waals surface area contributed by atoms with Crippen LogP contribution in [-0.4, -0.2) is 18.4 Å². The molecule has 2 heterocycles. The summed E-state index contributed by atoms with van der Waals surface area (Å²) in [7, 11) is 0. The molecular formula is C7H10O3. The van der Waals surface area contributed by atoms with Crippen LogP contribution in [0.15, 0.2) is 0 Å². The molecule has 0 aromatic heterocycles. The summed E-state index contributed by atoms with van der Waals surface area (Å²) in [5.41, 5.74) is 0. The number of esters is 1. The third-order valence-corrected chi connectivity index (χ3v) is 2.14. The van der Waals surface area contributed by atoms with E-state index in [2.05, 4.69) is 0 Å². The second kappa shape index (κ2) is 1.72. The van der Waals surface area contributed by atoms with Crippen molar-refractivity contribution >= 4 is 5.97 Å². The zero-order valence-electron chi connectivity index (χ0n) is 5.92. The molecular weight excluding hydrogens is 132 g/mol. The number of hydrogen-bond donors (Lipinski definition) is 0. The normalized spacial score (nSPS) is 45.3. The lowest BCUT2D eigenvalue weighted by Crippen LogP contribution is -2.30. The molecule has 2 saturated heterocycles. The standard InChI is InChI=1S/C7H10O3/c1-7-4-5(2-3-9-7)6(8)10-7/h5H,2-4H2,1H3. The van der Waals surface area contributed by atoms with Crippen molar-refractivity contribution in [3.63, 3.8) is 0 Å². The maximum atomic E-state index is 11.0. The molecule has 0 saturated carbocycles. The number of carbonyl (C=O) groups excluding carboxylic acids is 1. The smallest absolute Gasteiger partial charge is 0.311 e. The van der Waals surface area contributed by atoms with Crippen LogP contribution in [0.4, 0.5) is 0 Å². The maximum absolute atomic E-state index is 11.0. The van der Waals surface area contributed by atoms with E-state index < -0.39 is 5.79 Å². The van der Waals surface area contributed by atoms with Gasteiger partial charge in [-0.25, -0.2) is 0 Å². The van der Waals surface area contributed by atoms with E-state index in [9.17, 15) is 4.79 Å². The molecule has 0 N–H and O–H groups in total. The lowest BCUT2D eigenvalue weighted by Gasteiger charge is -2.25. The molecule has 0 aromatic carbocycles. The molecule has 3 heteroatoms. The van der Waals surface area contributed by atoms with Gasteiger partial charge in [-0.1, -0.05) is 0 Å². The van der Waals surface area contributed by atoms with Crippen molar-refractivity contribution in [2.45, 2.75) is 25.6 Å². The second-order valence-corrected chi connectivity index (χ2v) is 3.09. The van der Waals surface area contributed by atoms with Crippen LogP contribution in [0.2, 0.25) is 0 Å². The van der Waals surface area contributed by atoms with Crippen LogP contribution < -0.4 is 0 Å².